The number of aryl methyl sites for hydroxylation is 1. The standard InChI is InChI=1S/C33H35N2O.C11H8N.Ir/c1-19(2)16-23-17-30(34-18-22(23)7)28-13-9-12-26-27-14-15-29(35-33(27)36-32(26)28)31-24(20(3)4)10-8-11-25(31)21(5)6;1-2-6-10(7-3-1)11-8-4-5-9-12-11;/h8-12,14-15,17-21H,16H2,1-7H3;1-6,8-9H;/q2*-1;/i7D3,16D2,20D,21D;;. The Morgan fingerprint density at radius 1 is 0.776 bits per heavy atom. The van der Waals surface area contributed by atoms with E-state index in [1.165, 1.54) is 12.3 Å². The van der Waals surface area contributed by atoms with E-state index in [0.717, 1.165) is 38.7 Å². The Labute approximate surface area is 314 Å². The molecule has 4 heterocycles. The molecule has 49 heavy (non-hydrogen) atoms. The second kappa shape index (κ2) is 15.8. The molecule has 0 saturated heterocycles. The summed E-state index contributed by atoms with van der Waals surface area (Å²) in [5.74, 6) is -2.35. The smallest absolute Gasteiger partial charge is 0.216 e. The van der Waals surface area contributed by atoms with Gasteiger partial charge in [-0.15, -0.1) is 54.1 Å². The largest absolute Gasteiger partial charge is 0.486 e. The van der Waals surface area contributed by atoms with Crippen LogP contribution in [0.25, 0.3) is 55.8 Å². The van der Waals surface area contributed by atoms with Crippen molar-refractivity contribution in [2.24, 2.45) is 5.92 Å². The molecular formula is C44H43IrN3O-2. The zero-order chi connectivity index (χ0) is 39.9. The van der Waals surface area contributed by atoms with E-state index in [-0.39, 0.29) is 31.2 Å². The van der Waals surface area contributed by atoms with Crippen LogP contribution in [-0.4, -0.2) is 15.0 Å². The molecule has 0 bridgehead atoms. The van der Waals surface area contributed by atoms with Crippen LogP contribution >= 0.6 is 0 Å². The van der Waals surface area contributed by atoms with Crippen LogP contribution in [0.3, 0.4) is 0 Å². The van der Waals surface area contributed by atoms with Gasteiger partial charge in [0.05, 0.1) is 11.3 Å². The minimum absolute atomic E-state index is 0. The van der Waals surface area contributed by atoms with Crippen LogP contribution in [0.1, 0.15) is 85.2 Å². The number of benzene rings is 3. The van der Waals surface area contributed by atoms with Gasteiger partial charge in [0.25, 0.3) is 0 Å². The molecule has 0 unspecified atom stereocenters. The van der Waals surface area contributed by atoms with Crippen LogP contribution in [0.5, 0.6) is 0 Å². The SMILES string of the molecule is [2H]C([2H])([2H])c1cnc(-c2[c-]ccc3c2oc2nc(-c4c(C([2H])(C)C)cccc4C([2H])(C)C)ccc23)cc1C([2H])([2H])C(C)C.[Ir].[c-]1ccccc1-c1ccccn1. The molecule has 0 aliphatic heterocycles. The number of hydrogen-bond donors (Lipinski definition) is 0. The molecule has 1 radical (unpaired) electrons. The normalized spacial score (nSPS) is 14.3. The fraction of sp³-hybridized carbons (Fsp3) is 0.250. The Morgan fingerprint density at radius 2 is 1.55 bits per heavy atom. The zero-order valence-electron chi connectivity index (χ0n) is 35.5. The molecule has 3 aromatic carbocycles. The summed E-state index contributed by atoms with van der Waals surface area (Å²) in [6, 6.07) is 34.5. The first-order valence-corrected chi connectivity index (χ1v) is 16.1. The van der Waals surface area contributed by atoms with E-state index in [1.54, 1.807) is 26.1 Å². The van der Waals surface area contributed by atoms with Crippen LogP contribution in [0.2, 0.25) is 0 Å². The van der Waals surface area contributed by atoms with Gasteiger partial charge in [-0.25, -0.2) is 4.98 Å². The molecule has 0 aliphatic carbocycles. The summed E-state index contributed by atoms with van der Waals surface area (Å²) in [5, 5.41) is 1.51. The molecule has 0 spiro atoms. The third kappa shape index (κ3) is 7.90. The van der Waals surface area contributed by atoms with Gasteiger partial charge in [0.15, 0.2) is 0 Å². The maximum atomic E-state index is 8.79. The van der Waals surface area contributed by atoms with Crippen molar-refractivity contribution in [1.29, 1.82) is 0 Å². The van der Waals surface area contributed by atoms with Gasteiger partial charge in [-0.2, -0.15) is 0 Å². The summed E-state index contributed by atoms with van der Waals surface area (Å²) in [4.78, 5) is 13.5. The van der Waals surface area contributed by atoms with Gasteiger partial charge in [0.2, 0.25) is 5.71 Å². The van der Waals surface area contributed by atoms with E-state index in [9.17, 15) is 0 Å². The molecule has 251 valence electrons. The van der Waals surface area contributed by atoms with Gasteiger partial charge in [0.1, 0.15) is 0 Å². The average molecular weight is 829 g/mol. The Hall–Kier alpha value is -4.44. The number of aromatic nitrogens is 3. The molecular weight excluding hydrogens is 779 g/mol. The van der Waals surface area contributed by atoms with Crippen LogP contribution < -0.4 is 0 Å². The summed E-state index contributed by atoms with van der Waals surface area (Å²) in [5.41, 5.74) is 6.41. The maximum Gasteiger partial charge on any atom is 0.216 e. The number of nitrogens with zero attached hydrogens (tertiary/aromatic N) is 3. The zero-order valence-corrected chi connectivity index (χ0v) is 30.9. The predicted octanol–water partition coefficient (Wildman–Crippen LogP) is 11.8. The van der Waals surface area contributed by atoms with E-state index in [0.29, 0.717) is 28.2 Å². The quantitative estimate of drug-likeness (QED) is 0.150. The van der Waals surface area contributed by atoms with Crippen molar-refractivity contribution < 1.29 is 34.1 Å². The summed E-state index contributed by atoms with van der Waals surface area (Å²) < 4.78 is 65.3. The minimum atomic E-state index is -2.53. The van der Waals surface area contributed by atoms with Gasteiger partial charge in [-0.3, -0.25) is 0 Å². The van der Waals surface area contributed by atoms with Gasteiger partial charge < -0.3 is 14.4 Å². The van der Waals surface area contributed by atoms with E-state index >= 15 is 0 Å². The molecule has 4 nitrogen and oxygen atoms in total. The van der Waals surface area contributed by atoms with Crippen LogP contribution in [0, 0.1) is 24.9 Å². The van der Waals surface area contributed by atoms with Crippen molar-refractivity contribution in [2.45, 2.75) is 66.6 Å². The van der Waals surface area contributed by atoms with Gasteiger partial charge in [-0.05, 0) is 77.2 Å². The van der Waals surface area contributed by atoms with Crippen LogP contribution in [-0.2, 0) is 26.5 Å². The minimum Gasteiger partial charge on any atom is -0.486 e. The molecule has 0 saturated carbocycles. The number of furan rings is 1. The molecule has 7 aromatic rings. The first-order valence-electron chi connectivity index (χ1n) is 19.6. The second-order valence-electron chi connectivity index (χ2n) is 12.4. The Balaban J connectivity index is 0.000000391. The number of rotatable bonds is 7. The fourth-order valence-corrected chi connectivity index (χ4v) is 5.71. The first-order chi connectivity index (χ1) is 25.8. The monoisotopic (exact) mass is 829 g/mol. The van der Waals surface area contributed by atoms with Crippen molar-refractivity contribution in [3.63, 3.8) is 0 Å². The van der Waals surface area contributed by atoms with E-state index in [1.807, 2.05) is 107 Å². The summed E-state index contributed by atoms with van der Waals surface area (Å²) in [7, 11) is 0. The average Bonchev–Trinajstić information content (AvgIpc) is 3.52. The molecule has 0 fully saturated rings. The molecule has 0 atom stereocenters. The van der Waals surface area contributed by atoms with Crippen LogP contribution in [0.4, 0.5) is 0 Å². The van der Waals surface area contributed by atoms with Crippen LogP contribution in [0.15, 0.2) is 108 Å². The van der Waals surface area contributed by atoms with Gasteiger partial charge >= 0.3 is 0 Å². The Kier molecular flexibility index (Phi) is 8.86. The van der Waals surface area contributed by atoms with Crippen molar-refractivity contribution in [1.82, 2.24) is 15.0 Å². The second-order valence-corrected chi connectivity index (χ2v) is 12.4. The van der Waals surface area contributed by atoms with Crippen molar-refractivity contribution >= 4 is 22.1 Å². The Morgan fingerprint density at radius 3 is 2.20 bits per heavy atom. The molecule has 4 aromatic heterocycles. The topological polar surface area (TPSA) is 51.8 Å². The molecule has 0 amide bonds. The number of fused-ring (bicyclic) bond motifs is 3. The predicted molar refractivity (Wildman–Crippen MR) is 199 cm³/mol. The van der Waals surface area contributed by atoms with Crippen molar-refractivity contribution in [3.05, 3.63) is 138 Å². The summed E-state index contributed by atoms with van der Waals surface area (Å²) in [6.07, 6.45) is 1.10. The molecule has 0 N–H and O–H groups in total. The van der Waals surface area contributed by atoms with E-state index in [4.69, 9.17) is 19.0 Å². The van der Waals surface area contributed by atoms with E-state index < -0.39 is 30.9 Å². The van der Waals surface area contributed by atoms with E-state index in [2.05, 4.69) is 22.1 Å². The summed E-state index contributed by atoms with van der Waals surface area (Å²) >= 11 is 0. The first kappa shape index (κ1) is 27.4. The molecule has 0 aliphatic rings. The summed E-state index contributed by atoms with van der Waals surface area (Å²) in [6.45, 7) is 8.15. The van der Waals surface area contributed by atoms with Gasteiger partial charge in [-0.1, -0.05) is 94.5 Å². The third-order valence-electron chi connectivity index (χ3n) is 7.95. The number of pyridine rings is 3. The maximum absolute atomic E-state index is 8.79. The van der Waals surface area contributed by atoms with Gasteiger partial charge in [0, 0.05) is 53.0 Å². The number of hydrogen-bond acceptors (Lipinski definition) is 4. The fourth-order valence-electron chi connectivity index (χ4n) is 5.71. The van der Waals surface area contributed by atoms with Crippen molar-refractivity contribution in [3.8, 4) is 33.8 Å². The third-order valence-corrected chi connectivity index (χ3v) is 7.95. The molecule has 7 rings (SSSR count). The molecule has 5 heteroatoms. The van der Waals surface area contributed by atoms with Crippen molar-refractivity contribution in [2.75, 3.05) is 0 Å². The Bertz CT molecular complexity index is 2380.